The van der Waals surface area contributed by atoms with E-state index in [1.54, 1.807) is 12.2 Å². The van der Waals surface area contributed by atoms with Crippen LogP contribution in [-0.2, 0) is 4.79 Å². The molecular weight excluding hydrogens is 235 g/mol. The van der Waals surface area contributed by atoms with E-state index in [4.69, 9.17) is 28.9 Å². The first kappa shape index (κ1) is 12.3. The molecule has 1 aliphatic carbocycles. The lowest BCUT2D eigenvalue weighted by atomic mass is 10.2. The van der Waals surface area contributed by atoms with Crippen molar-refractivity contribution < 1.29 is 4.79 Å². The van der Waals surface area contributed by atoms with E-state index < -0.39 is 0 Å². The molecule has 0 unspecified atom stereocenters. The SMILES string of the molecule is NCC(=O)NCC1=CC(Cl)=C(Cl)C=CC1. The van der Waals surface area contributed by atoms with E-state index in [1.165, 1.54) is 0 Å². The number of amides is 1. The Morgan fingerprint density at radius 1 is 1.47 bits per heavy atom. The maximum absolute atomic E-state index is 10.9. The van der Waals surface area contributed by atoms with E-state index >= 15 is 0 Å². The first-order valence-electron chi connectivity index (χ1n) is 4.51. The minimum absolute atomic E-state index is 0.00650. The van der Waals surface area contributed by atoms with Crippen molar-refractivity contribution in [3.8, 4) is 0 Å². The fourth-order valence-electron chi connectivity index (χ4n) is 1.11. The molecule has 0 fully saturated rings. The van der Waals surface area contributed by atoms with Gasteiger partial charge in [0.05, 0.1) is 16.6 Å². The van der Waals surface area contributed by atoms with Gasteiger partial charge in [0.2, 0.25) is 5.91 Å². The molecule has 3 N–H and O–H groups in total. The number of carbonyl (C=O) groups excluding carboxylic acids is 1. The average molecular weight is 247 g/mol. The molecule has 1 amide bonds. The summed E-state index contributed by atoms with van der Waals surface area (Å²) in [6.07, 6.45) is 6.13. The van der Waals surface area contributed by atoms with Gasteiger partial charge in [0.15, 0.2) is 0 Å². The second-order valence-electron chi connectivity index (χ2n) is 3.09. The van der Waals surface area contributed by atoms with E-state index in [1.807, 2.05) is 6.08 Å². The van der Waals surface area contributed by atoms with Crippen LogP contribution in [0.5, 0.6) is 0 Å². The van der Waals surface area contributed by atoms with Crippen LogP contribution in [0, 0.1) is 0 Å². The summed E-state index contributed by atoms with van der Waals surface area (Å²) >= 11 is 11.7. The predicted octanol–water partition coefficient (Wildman–Crippen LogP) is 1.64. The quantitative estimate of drug-likeness (QED) is 0.796. The Morgan fingerprint density at radius 2 is 2.20 bits per heavy atom. The summed E-state index contributed by atoms with van der Waals surface area (Å²) in [4.78, 5) is 10.9. The molecule has 0 bridgehead atoms. The molecule has 0 saturated heterocycles. The van der Waals surface area contributed by atoms with Crippen LogP contribution >= 0.6 is 23.2 Å². The van der Waals surface area contributed by atoms with Crippen molar-refractivity contribution in [3.05, 3.63) is 33.9 Å². The second kappa shape index (κ2) is 5.95. The molecule has 0 heterocycles. The molecule has 15 heavy (non-hydrogen) atoms. The van der Waals surface area contributed by atoms with Gasteiger partial charge in [-0.05, 0) is 24.1 Å². The molecule has 0 spiro atoms. The van der Waals surface area contributed by atoms with Crippen LogP contribution < -0.4 is 11.1 Å². The third-order valence-corrected chi connectivity index (χ3v) is 2.64. The minimum atomic E-state index is -0.185. The summed E-state index contributed by atoms with van der Waals surface area (Å²) < 4.78 is 0. The Morgan fingerprint density at radius 3 is 2.87 bits per heavy atom. The molecule has 0 aromatic rings. The molecule has 0 radical (unpaired) electrons. The summed E-state index contributed by atoms with van der Waals surface area (Å²) in [5, 5.41) is 3.67. The molecule has 0 saturated carbocycles. The van der Waals surface area contributed by atoms with Crippen LogP contribution in [0.2, 0.25) is 0 Å². The fraction of sp³-hybridized carbons (Fsp3) is 0.300. The van der Waals surface area contributed by atoms with Crippen molar-refractivity contribution in [1.29, 1.82) is 0 Å². The molecule has 0 aromatic carbocycles. The van der Waals surface area contributed by atoms with E-state index in [9.17, 15) is 4.79 Å². The zero-order chi connectivity index (χ0) is 11.3. The van der Waals surface area contributed by atoms with Crippen LogP contribution in [0.1, 0.15) is 6.42 Å². The standard InChI is InChI=1S/C10H12Cl2N2O/c11-8-3-1-2-7(4-9(8)12)6-14-10(15)5-13/h1,3-4H,2,5-6,13H2,(H,14,15). The van der Waals surface area contributed by atoms with Gasteiger partial charge < -0.3 is 11.1 Å². The van der Waals surface area contributed by atoms with Gasteiger partial charge in [-0.15, -0.1) is 0 Å². The van der Waals surface area contributed by atoms with Gasteiger partial charge >= 0.3 is 0 Å². The Bertz CT molecular complexity index is 345. The van der Waals surface area contributed by atoms with Crippen molar-refractivity contribution in [2.75, 3.05) is 13.1 Å². The molecule has 5 heteroatoms. The average Bonchev–Trinajstić information content (AvgIpc) is 2.38. The largest absolute Gasteiger partial charge is 0.351 e. The fourth-order valence-corrected chi connectivity index (χ4v) is 1.47. The van der Waals surface area contributed by atoms with Crippen LogP contribution in [0.4, 0.5) is 0 Å². The number of hydrogen-bond donors (Lipinski definition) is 2. The molecule has 0 aromatic heterocycles. The van der Waals surface area contributed by atoms with Crippen LogP contribution in [0.3, 0.4) is 0 Å². The van der Waals surface area contributed by atoms with Crippen molar-refractivity contribution in [2.24, 2.45) is 5.73 Å². The Balaban J connectivity index is 2.60. The lowest BCUT2D eigenvalue weighted by Crippen LogP contribution is -2.31. The zero-order valence-electron chi connectivity index (χ0n) is 8.09. The first-order chi connectivity index (χ1) is 7.13. The number of carbonyl (C=O) groups is 1. The normalized spacial score (nSPS) is 16.1. The van der Waals surface area contributed by atoms with E-state index in [0.29, 0.717) is 16.6 Å². The maximum Gasteiger partial charge on any atom is 0.233 e. The number of hydrogen-bond acceptors (Lipinski definition) is 2. The van der Waals surface area contributed by atoms with Crippen molar-refractivity contribution in [2.45, 2.75) is 6.42 Å². The summed E-state index contributed by atoms with van der Waals surface area (Å²) in [5.41, 5.74) is 6.16. The van der Waals surface area contributed by atoms with Gasteiger partial charge in [0, 0.05) is 6.54 Å². The van der Waals surface area contributed by atoms with Crippen molar-refractivity contribution in [3.63, 3.8) is 0 Å². The topological polar surface area (TPSA) is 55.1 Å². The van der Waals surface area contributed by atoms with E-state index in [2.05, 4.69) is 5.32 Å². The van der Waals surface area contributed by atoms with Gasteiger partial charge in [0.25, 0.3) is 0 Å². The summed E-state index contributed by atoms with van der Waals surface area (Å²) in [7, 11) is 0. The minimum Gasteiger partial charge on any atom is -0.351 e. The highest BCUT2D eigenvalue weighted by Crippen LogP contribution is 2.22. The summed E-state index contributed by atoms with van der Waals surface area (Å²) in [6.45, 7) is 0.439. The smallest absolute Gasteiger partial charge is 0.233 e. The van der Waals surface area contributed by atoms with Gasteiger partial charge in [-0.25, -0.2) is 0 Å². The maximum atomic E-state index is 10.9. The Labute approximate surface area is 98.6 Å². The van der Waals surface area contributed by atoms with Gasteiger partial charge in [0.1, 0.15) is 0 Å². The molecular formula is C10H12Cl2N2O. The van der Waals surface area contributed by atoms with Gasteiger partial charge in [-0.2, -0.15) is 0 Å². The van der Waals surface area contributed by atoms with Crippen molar-refractivity contribution >= 4 is 29.1 Å². The summed E-state index contributed by atoms with van der Waals surface area (Å²) in [5.74, 6) is -0.185. The number of nitrogens with one attached hydrogen (secondary N) is 1. The Hall–Kier alpha value is -0.770. The van der Waals surface area contributed by atoms with E-state index in [-0.39, 0.29) is 12.5 Å². The van der Waals surface area contributed by atoms with Crippen LogP contribution in [-0.4, -0.2) is 19.0 Å². The lowest BCUT2D eigenvalue weighted by Gasteiger charge is -2.05. The third-order valence-electron chi connectivity index (χ3n) is 1.90. The highest BCUT2D eigenvalue weighted by molar-refractivity contribution is 6.41. The zero-order valence-corrected chi connectivity index (χ0v) is 9.61. The number of halogens is 2. The lowest BCUT2D eigenvalue weighted by molar-refractivity contribution is -0.119. The highest BCUT2D eigenvalue weighted by Gasteiger charge is 2.05. The molecule has 0 atom stereocenters. The molecule has 82 valence electrons. The molecule has 3 nitrogen and oxygen atoms in total. The Kier molecular flexibility index (Phi) is 4.88. The summed E-state index contributed by atoms with van der Waals surface area (Å²) in [6, 6.07) is 0. The van der Waals surface area contributed by atoms with Gasteiger partial charge in [-0.1, -0.05) is 29.3 Å². The number of allylic oxidation sites excluding steroid dienone is 5. The third kappa shape index (κ3) is 4.08. The van der Waals surface area contributed by atoms with Crippen molar-refractivity contribution in [1.82, 2.24) is 5.32 Å². The highest BCUT2D eigenvalue weighted by atomic mass is 35.5. The number of nitrogens with two attached hydrogens (primary N) is 1. The molecule has 1 rings (SSSR count). The predicted molar refractivity (Wildman–Crippen MR) is 62.6 cm³/mol. The monoisotopic (exact) mass is 246 g/mol. The van der Waals surface area contributed by atoms with Crippen LogP contribution in [0.15, 0.2) is 33.9 Å². The van der Waals surface area contributed by atoms with E-state index in [0.717, 1.165) is 12.0 Å². The molecule has 1 aliphatic rings. The first-order valence-corrected chi connectivity index (χ1v) is 5.27. The van der Waals surface area contributed by atoms with Crippen LogP contribution in [0.25, 0.3) is 0 Å². The number of rotatable bonds is 3. The second-order valence-corrected chi connectivity index (χ2v) is 3.90. The van der Waals surface area contributed by atoms with Gasteiger partial charge in [-0.3, -0.25) is 4.79 Å². The molecule has 0 aliphatic heterocycles.